The van der Waals surface area contributed by atoms with Crippen molar-refractivity contribution in [2.75, 3.05) is 7.05 Å². The van der Waals surface area contributed by atoms with Gasteiger partial charge in [0, 0.05) is 0 Å². The van der Waals surface area contributed by atoms with Gasteiger partial charge in [0.15, 0.2) is 5.79 Å². The van der Waals surface area contributed by atoms with Crippen LogP contribution in [0.4, 0.5) is 4.79 Å². The zero-order valence-corrected chi connectivity index (χ0v) is 7.06. The number of primary amides is 1. The second kappa shape index (κ2) is 3.41. The molecule has 9 nitrogen and oxygen atoms in total. The van der Waals surface area contributed by atoms with Gasteiger partial charge < -0.3 is 20.7 Å². The van der Waals surface area contributed by atoms with Crippen LogP contribution in [-0.4, -0.2) is 29.8 Å². The third-order valence-electron chi connectivity index (χ3n) is 1.42. The minimum Gasteiger partial charge on any atom is -0.783 e. The van der Waals surface area contributed by atoms with E-state index in [1.165, 1.54) is 0 Å². The highest BCUT2D eigenvalue weighted by molar-refractivity contribution is 5.65. The summed E-state index contributed by atoms with van der Waals surface area (Å²) in [6, 6.07) is 0. The molecule has 0 aliphatic carbocycles. The third kappa shape index (κ3) is 2.48. The SMILES string of the molecule is CN([O-])C(N)(N)C(N)(N)OC(N)=O. The van der Waals surface area contributed by atoms with Gasteiger partial charge in [0.2, 0.25) is 0 Å². The third-order valence-corrected chi connectivity index (χ3v) is 1.42. The summed E-state index contributed by atoms with van der Waals surface area (Å²) in [6.45, 7) is 0. The summed E-state index contributed by atoms with van der Waals surface area (Å²) >= 11 is 0. The minimum atomic E-state index is -2.37. The normalized spacial score (nSPS) is 13.2. The number of likely N-dealkylation sites (N-methyl/N-ethyl adjacent to an activating group) is 1. The number of ether oxygens (including phenoxy) is 1. The van der Waals surface area contributed by atoms with Gasteiger partial charge in [-0.05, 0) is 7.05 Å². The molecule has 0 saturated heterocycles. The van der Waals surface area contributed by atoms with E-state index < -0.39 is 17.7 Å². The highest BCUT2D eigenvalue weighted by atomic mass is 16.6. The maximum absolute atomic E-state index is 10.8. The van der Waals surface area contributed by atoms with Crippen molar-refractivity contribution in [2.45, 2.75) is 11.6 Å². The van der Waals surface area contributed by atoms with Crippen molar-refractivity contribution < 1.29 is 9.53 Å². The topological polar surface area (TPSA) is 183 Å². The summed E-state index contributed by atoms with van der Waals surface area (Å²) in [5, 5.41) is 10.8. The molecule has 0 saturated carbocycles. The summed E-state index contributed by atoms with van der Waals surface area (Å²) in [5.74, 6) is -4.63. The summed E-state index contributed by atoms with van der Waals surface area (Å²) in [5.41, 5.74) is 25.3. The number of nitrogens with zero attached hydrogens (tertiary/aromatic N) is 1. The molecule has 9 heteroatoms. The van der Waals surface area contributed by atoms with Crippen LogP contribution in [0.15, 0.2) is 0 Å². The zero-order chi connectivity index (χ0) is 10.9. The van der Waals surface area contributed by atoms with Crippen LogP contribution < -0.4 is 28.7 Å². The van der Waals surface area contributed by atoms with E-state index in [9.17, 15) is 10.0 Å². The Hall–Kier alpha value is -0.970. The molecule has 78 valence electrons. The Morgan fingerprint density at radius 3 is 2.00 bits per heavy atom. The van der Waals surface area contributed by atoms with Crippen molar-refractivity contribution >= 4 is 6.09 Å². The van der Waals surface area contributed by atoms with E-state index in [0.29, 0.717) is 0 Å². The molecule has 0 aromatic heterocycles. The van der Waals surface area contributed by atoms with Crippen LogP contribution in [0.5, 0.6) is 0 Å². The fraction of sp³-hybridized carbons (Fsp3) is 0.750. The highest BCUT2D eigenvalue weighted by Gasteiger charge is 2.44. The molecular weight excluding hydrogens is 180 g/mol. The van der Waals surface area contributed by atoms with Crippen LogP contribution in [0.25, 0.3) is 0 Å². The number of rotatable bonds is 3. The largest absolute Gasteiger partial charge is 0.783 e. The average molecular weight is 193 g/mol. The van der Waals surface area contributed by atoms with E-state index >= 15 is 0 Å². The average Bonchev–Trinajstić information content (AvgIpc) is 1.83. The number of hydrogen-bond donors (Lipinski definition) is 5. The highest BCUT2D eigenvalue weighted by Crippen LogP contribution is 2.10. The monoisotopic (exact) mass is 193 g/mol. The second-order valence-electron chi connectivity index (χ2n) is 2.54. The van der Waals surface area contributed by atoms with E-state index in [4.69, 9.17) is 22.9 Å². The van der Waals surface area contributed by atoms with Gasteiger partial charge in [-0.2, -0.15) is 0 Å². The standard InChI is InChI=1S/C4H13N6O3/c1-10(12)3(6,7)4(8,9)13-2(5)11/h6-9H2,1H3,(H2,5,11)/q-1. The molecule has 0 rings (SSSR count). The van der Waals surface area contributed by atoms with E-state index in [-0.39, 0.29) is 5.06 Å². The fourth-order valence-corrected chi connectivity index (χ4v) is 0.494. The number of amides is 1. The van der Waals surface area contributed by atoms with Crippen LogP contribution in [0, 0.1) is 5.21 Å². The predicted molar refractivity (Wildman–Crippen MR) is 44.0 cm³/mol. The molecule has 0 aliphatic heterocycles. The number of carbonyl (C=O) groups is 1. The number of carbonyl (C=O) groups excluding carboxylic acids is 1. The molecule has 0 aromatic carbocycles. The van der Waals surface area contributed by atoms with Gasteiger partial charge in [-0.25, -0.2) is 4.79 Å². The molecule has 0 unspecified atom stereocenters. The molecule has 0 fully saturated rings. The summed E-state index contributed by atoms with van der Waals surface area (Å²) in [6.07, 6.45) is -1.29. The molecule has 0 aliphatic rings. The van der Waals surface area contributed by atoms with Crippen molar-refractivity contribution in [3.8, 4) is 0 Å². The Kier molecular flexibility index (Phi) is 3.16. The molecule has 0 aromatic rings. The van der Waals surface area contributed by atoms with E-state index in [1.807, 2.05) is 0 Å². The first kappa shape index (κ1) is 12.0. The van der Waals surface area contributed by atoms with E-state index in [0.717, 1.165) is 7.05 Å². The van der Waals surface area contributed by atoms with Gasteiger partial charge in [0.1, 0.15) is 0 Å². The maximum Gasteiger partial charge on any atom is 0.407 e. The molecule has 0 radical (unpaired) electrons. The van der Waals surface area contributed by atoms with Crippen molar-refractivity contribution in [1.29, 1.82) is 0 Å². The zero-order valence-electron chi connectivity index (χ0n) is 7.06. The van der Waals surface area contributed by atoms with Crippen molar-refractivity contribution in [3.05, 3.63) is 5.21 Å². The van der Waals surface area contributed by atoms with E-state index in [2.05, 4.69) is 10.5 Å². The lowest BCUT2D eigenvalue weighted by Crippen LogP contribution is -2.82. The Morgan fingerprint density at radius 2 is 1.77 bits per heavy atom. The van der Waals surface area contributed by atoms with Crippen LogP contribution in [0.1, 0.15) is 0 Å². The molecule has 0 heterocycles. The lowest BCUT2D eigenvalue weighted by atomic mass is 10.2. The van der Waals surface area contributed by atoms with Crippen LogP contribution in [0.3, 0.4) is 0 Å². The Bertz CT molecular complexity index is 202. The molecule has 0 atom stereocenters. The molecule has 13 heavy (non-hydrogen) atoms. The molecule has 0 spiro atoms. The predicted octanol–water partition coefficient (Wildman–Crippen LogP) is -3.35. The molecular formula is C4H13N6O3-. The smallest absolute Gasteiger partial charge is 0.407 e. The first-order valence-corrected chi connectivity index (χ1v) is 3.16. The van der Waals surface area contributed by atoms with Crippen molar-refractivity contribution in [2.24, 2.45) is 28.7 Å². The van der Waals surface area contributed by atoms with Crippen LogP contribution >= 0.6 is 0 Å². The molecule has 1 amide bonds. The fourth-order valence-electron chi connectivity index (χ4n) is 0.494. The quantitative estimate of drug-likeness (QED) is 0.227. The van der Waals surface area contributed by atoms with Gasteiger partial charge in [0.25, 0.3) is 5.85 Å². The summed E-state index contributed by atoms with van der Waals surface area (Å²) in [7, 11) is 0.971. The first-order valence-electron chi connectivity index (χ1n) is 3.16. The lowest BCUT2D eigenvalue weighted by Gasteiger charge is -2.47. The summed E-state index contributed by atoms with van der Waals surface area (Å²) < 4.78 is 4.17. The minimum absolute atomic E-state index is 0.0515. The maximum atomic E-state index is 10.8. The first-order chi connectivity index (χ1) is 5.61. The Balaban J connectivity index is 4.70. The van der Waals surface area contributed by atoms with Gasteiger partial charge in [-0.15, -0.1) is 0 Å². The number of hydrogen-bond acceptors (Lipinski definition) is 8. The number of hydroxylamine groups is 2. The second-order valence-corrected chi connectivity index (χ2v) is 2.54. The van der Waals surface area contributed by atoms with Gasteiger partial charge in [-0.1, -0.05) is 0 Å². The van der Waals surface area contributed by atoms with Gasteiger partial charge in [-0.3, -0.25) is 22.9 Å². The number of nitrogens with two attached hydrogens (primary N) is 5. The van der Waals surface area contributed by atoms with Crippen molar-refractivity contribution in [3.63, 3.8) is 0 Å². The van der Waals surface area contributed by atoms with Gasteiger partial charge >= 0.3 is 6.09 Å². The van der Waals surface area contributed by atoms with Crippen molar-refractivity contribution in [1.82, 2.24) is 5.06 Å². The Morgan fingerprint density at radius 1 is 1.38 bits per heavy atom. The van der Waals surface area contributed by atoms with Gasteiger partial charge in [0.05, 0.1) is 0 Å². The lowest BCUT2D eigenvalue weighted by molar-refractivity contribution is -0.0837. The van der Waals surface area contributed by atoms with Crippen LogP contribution in [0.2, 0.25) is 0 Å². The summed E-state index contributed by atoms with van der Waals surface area (Å²) in [4.78, 5) is 10.3. The van der Waals surface area contributed by atoms with E-state index in [1.54, 1.807) is 0 Å². The Labute approximate surface area is 74.3 Å². The van der Waals surface area contributed by atoms with Crippen LogP contribution in [-0.2, 0) is 4.74 Å². The molecule has 10 N–H and O–H groups in total. The molecule has 0 bridgehead atoms.